The molecule has 0 aromatic heterocycles. The first-order chi connectivity index (χ1) is 8.26. The van der Waals surface area contributed by atoms with E-state index in [0.29, 0.717) is 19.6 Å². The molecule has 0 radical (unpaired) electrons. The molecule has 0 bridgehead atoms. The van der Waals surface area contributed by atoms with Gasteiger partial charge in [-0.15, -0.1) is 0 Å². The van der Waals surface area contributed by atoms with Crippen LogP contribution in [0.15, 0.2) is 11.6 Å². The first kappa shape index (κ1) is 15.7. The normalized spacial score (nSPS) is 11.0. The molecule has 0 atom stereocenters. The van der Waals surface area contributed by atoms with Gasteiger partial charge in [-0.05, 0) is 12.8 Å². The van der Waals surface area contributed by atoms with E-state index in [1.165, 1.54) is 0 Å². The smallest absolute Gasteiger partial charge is 0.348 e. The molecule has 0 aliphatic rings. The monoisotopic (exact) mass is 239 g/mol. The van der Waals surface area contributed by atoms with E-state index in [1.807, 2.05) is 13.0 Å². The molecule has 96 valence electrons. The van der Waals surface area contributed by atoms with E-state index < -0.39 is 5.97 Å². The predicted molar refractivity (Wildman–Crippen MR) is 65.3 cm³/mol. The van der Waals surface area contributed by atoms with Crippen molar-refractivity contribution in [3.63, 3.8) is 0 Å². The fourth-order valence-electron chi connectivity index (χ4n) is 1.21. The summed E-state index contributed by atoms with van der Waals surface area (Å²) in [4.78, 5) is 11.3. The van der Waals surface area contributed by atoms with Gasteiger partial charge >= 0.3 is 5.97 Å². The van der Waals surface area contributed by atoms with Crippen LogP contribution in [0.1, 0.15) is 39.5 Å². The van der Waals surface area contributed by atoms with Crippen molar-refractivity contribution in [1.29, 1.82) is 5.26 Å². The molecular formula is C13H21NO3. The van der Waals surface area contributed by atoms with Crippen LogP contribution in [0.3, 0.4) is 0 Å². The van der Waals surface area contributed by atoms with Gasteiger partial charge in [0.1, 0.15) is 18.2 Å². The van der Waals surface area contributed by atoms with Gasteiger partial charge in [0.25, 0.3) is 0 Å². The van der Waals surface area contributed by atoms with Crippen LogP contribution < -0.4 is 0 Å². The van der Waals surface area contributed by atoms with Crippen molar-refractivity contribution in [2.45, 2.75) is 39.5 Å². The SMILES string of the molecule is CCC=C(C#N)C(=O)OCCOCCCCC. The third kappa shape index (κ3) is 8.47. The third-order valence-corrected chi connectivity index (χ3v) is 2.10. The largest absolute Gasteiger partial charge is 0.459 e. The number of nitrogens with zero attached hydrogens (tertiary/aromatic N) is 1. The Hall–Kier alpha value is -1.34. The number of unbranched alkanes of at least 4 members (excludes halogenated alkanes) is 2. The molecule has 0 N–H and O–H groups in total. The topological polar surface area (TPSA) is 59.3 Å². The number of nitriles is 1. The van der Waals surface area contributed by atoms with Crippen LogP contribution in [-0.2, 0) is 14.3 Å². The highest BCUT2D eigenvalue weighted by atomic mass is 16.6. The van der Waals surface area contributed by atoms with Gasteiger partial charge in [0.05, 0.1) is 6.61 Å². The standard InChI is InChI=1S/C13H21NO3/c1-3-5-6-8-16-9-10-17-13(15)12(11-14)7-4-2/h7H,3-6,8-10H2,1-2H3. The second-order valence-corrected chi connectivity index (χ2v) is 3.59. The maximum Gasteiger partial charge on any atom is 0.348 e. The highest BCUT2D eigenvalue weighted by molar-refractivity contribution is 5.92. The van der Waals surface area contributed by atoms with Crippen molar-refractivity contribution < 1.29 is 14.3 Å². The molecule has 0 heterocycles. The fourth-order valence-corrected chi connectivity index (χ4v) is 1.21. The van der Waals surface area contributed by atoms with Gasteiger partial charge in [0.2, 0.25) is 0 Å². The van der Waals surface area contributed by atoms with Crippen LogP contribution in [0.5, 0.6) is 0 Å². The van der Waals surface area contributed by atoms with Crippen molar-refractivity contribution in [3.05, 3.63) is 11.6 Å². The summed E-state index contributed by atoms with van der Waals surface area (Å²) in [5, 5.41) is 8.68. The molecule has 0 rings (SSSR count). The highest BCUT2D eigenvalue weighted by Crippen LogP contribution is 1.99. The summed E-state index contributed by atoms with van der Waals surface area (Å²) in [6.07, 6.45) is 5.54. The Morgan fingerprint density at radius 1 is 1.24 bits per heavy atom. The summed E-state index contributed by atoms with van der Waals surface area (Å²) >= 11 is 0. The average molecular weight is 239 g/mol. The lowest BCUT2D eigenvalue weighted by Crippen LogP contribution is -2.12. The van der Waals surface area contributed by atoms with E-state index in [4.69, 9.17) is 14.7 Å². The Morgan fingerprint density at radius 3 is 2.59 bits per heavy atom. The molecule has 0 aromatic carbocycles. The zero-order chi connectivity index (χ0) is 12.9. The molecule has 0 saturated heterocycles. The summed E-state index contributed by atoms with van der Waals surface area (Å²) in [6, 6.07) is 1.82. The summed E-state index contributed by atoms with van der Waals surface area (Å²) in [5.41, 5.74) is 0.0680. The second-order valence-electron chi connectivity index (χ2n) is 3.59. The molecule has 4 heteroatoms. The minimum atomic E-state index is -0.563. The lowest BCUT2D eigenvalue weighted by molar-refractivity contribution is -0.140. The number of rotatable bonds is 9. The molecule has 0 aliphatic carbocycles. The fraction of sp³-hybridized carbons (Fsp3) is 0.692. The maximum absolute atomic E-state index is 11.3. The van der Waals surface area contributed by atoms with Crippen LogP contribution in [-0.4, -0.2) is 25.8 Å². The van der Waals surface area contributed by atoms with E-state index in [9.17, 15) is 4.79 Å². The van der Waals surface area contributed by atoms with Gasteiger partial charge in [0, 0.05) is 6.61 Å². The molecule has 0 spiro atoms. The van der Waals surface area contributed by atoms with E-state index in [2.05, 4.69) is 6.92 Å². The van der Waals surface area contributed by atoms with Crippen LogP contribution in [0.25, 0.3) is 0 Å². The number of carbonyl (C=O) groups excluding carboxylic acids is 1. The Morgan fingerprint density at radius 2 is 2.00 bits per heavy atom. The molecule has 17 heavy (non-hydrogen) atoms. The molecule has 0 unspecified atom stereocenters. The van der Waals surface area contributed by atoms with Crippen molar-refractivity contribution in [2.75, 3.05) is 19.8 Å². The lowest BCUT2D eigenvalue weighted by atomic mass is 10.2. The number of ether oxygens (including phenoxy) is 2. The van der Waals surface area contributed by atoms with Gasteiger partial charge in [-0.2, -0.15) is 5.26 Å². The van der Waals surface area contributed by atoms with Crippen LogP contribution in [0, 0.1) is 11.3 Å². The predicted octanol–water partition coefficient (Wildman–Crippen LogP) is 2.60. The number of esters is 1. The van der Waals surface area contributed by atoms with Crippen molar-refractivity contribution in [2.24, 2.45) is 0 Å². The van der Waals surface area contributed by atoms with Crippen LogP contribution in [0.4, 0.5) is 0 Å². The average Bonchev–Trinajstić information content (AvgIpc) is 2.34. The maximum atomic E-state index is 11.3. The van der Waals surface area contributed by atoms with Crippen molar-refractivity contribution in [1.82, 2.24) is 0 Å². The zero-order valence-electron chi connectivity index (χ0n) is 10.7. The Bertz CT molecular complexity index is 279. The summed E-state index contributed by atoms with van der Waals surface area (Å²) in [5.74, 6) is -0.563. The summed E-state index contributed by atoms with van der Waals surface area (Å²) in [7, 11) is 0. The Kier molecular flexibility index (Phi) is 10.3. The van der Waals surface area contributed by atoms with Gasteiger partial charge in [0.15, 0.2) is 0 Å². The lowest BCUT2D eigenvalue weighted by Gasteiger charge is -2.05. The molecule has 0 aliphatic heterocycles. The summed E-state index contributed by atoms with van der Waals surface area (Å²) in [6.45, 7) is 5.28. The van der Waals surface area contributed by atoms with Gasteiger partial charge < -0.3 is 9.47 Å². The highest BCUT2D eigenvalue weighted by Gasteiger charge is 2.08. The molecule has 4 nitrogen and oxygen atoms in total. The molecule has 0 aromatic rings. The first-order valence-corrected chi connectivity index (χ1v) is 6.11. The van der Waals surface area contributed by atoms with E-state index in [1.54, 1.807) is 6.08 Å². The molecular weight excluding hydrogens is 218 g/mol. The minimum absolute atomic E-state index is 0.0680. The Balaban J connectivity index is 3.58. The van der Waals surface area contributed by atoms with Gasteiger partial charge in [-0.25, -0.2) is 4.79 Å². The van der Waals surface area contributed by atoms with E-state index in [-0.39, 0.29) is 12.2 Å². The first-order valence-electron chi connectivity index (χ1n) is 6.11. The molecule has 0 saturated carbocycles. The zero-order valence-corrected chi connectivity index (χ0v) is 10.7. The van der Waals surface area contributed by atoms with Crippen molar-refractivity contribution in [3.8, 4) is 6.07 Å². The number of hydrogen-bond donors (Lipinski definition) is 0. The third-order valence-electron chi connectivity index (χ3n) is 2.10. The molecule has 0 amide bonds. The Labute approximate surface area is 103 Å². The van der Waals surface area contributed by atoms with Crippen LogP contribution >= 0.6 is 0 Å². The van der Waals surface area contributed by atoms with Gasteiger partial charge in [-0.3, -0.25) is 0 Å². The van der Waals surface area contributed by atoms with E-state index in [0.717, 1.165) is 19.3 Å². The number of allylic oxidation sites excluding steroid dienone is 1. The quantitative estimate of drug-likeness (QED) is 0.268. The molecule has 0 fully saturated rings. The number of hydrogen-bond acceptors (Lipinski definition) is 4. The minimum Gasteiger partial charge on any atom is -0.459 e. The van der Waals surface area contributed by atoms with Crippen molar-refractivity contribution >= 4 is 5.97 Å². The summed E-state index contributed by atoms with van der Waals surface area (Å²) < 4.78 is 10.2. The van der Waals surface area contributed by atoms with E-state index >= 15 is 0 Å². The van der Waals surface area contributed by atoms with Crippen LogP contribution in [0.2, 0.25) is 0 Å². The number of carbonyl (C=O) groups is 1. The van der Waals surface area contributed by atoms with Gasteiger partial charge in [-0.1, -0.05) is 32.8 Å². The second kappa shape index (κ2) is 11.2.